The maximum Gasteiger partial charge on any atom is 0.354 e. The molecule has 1 rings (SSSR count). The van der Waals surface area contributed by atoms with Crippen LogP contribution in [0.3, 0.4) is 0 Å². The van der Waals surface area contributed by atoms with E-state index in [4.69, 9.17) is 5.11 Å². The average Bonchev–Trinajstić information content (AvgIpc) is 2.29. The molecule has 94 valence electrons. The summed E-state index contributed by atoms with van der Waals surface area (Å²) >= 11 is 0. The van der Waals surface area contributed by atoms with E-state index in [1.54, 1.807) is 6.26 Å². The van der Waals surface area contributed by atoms with Gasteiger partial charge in [0, 0.05) is 35.0 Å². The highest BCUT2D eigenvalue weighted by molar-refractivity contribution is 7.84. The minimum absolute atomic E-state index is 0.0467. The predicted molar refractivity (Wildman–Crippen MR) is 65.6 cm³/mol. The van der Waals surface area contributed by atoms with Gasteiger partial charge in [-0.15, -0.1) is 0 Å². The number of aromatic nitrogens is 2. The van der Waals surface area contributed by atoms with E-state index in [-0.39, 0.29) is 16.9 Å². The molecule has 0 saturated heterocycles. The molecule has 6 nitrogen and oxygen atoms in total. The van der Waals surface area contributed by atoms with Crippen LogP contribution in [0.15, 0.2) is 12.3 Å². The molecule has 0 aliphatic rings. The number of hydrogen-bond acceptors (Lipinski definition) is 5. The molecule has 0 fully saturated rings. The third kappa shape index (κ3) is 4.48. The molecule has 17 heavy (non-hydrogen) atoms. The first kappa shape index (κ1) is 13.6. The zero-order valence-electron chi connectivity index (χ0n) is 9.71. The minimum atomic E-state index is -1.08. The summed E-state index contributed by atoms with van der Waals surface area (Å²) in [7, 11) is -0.855. The van der Waals surface area contributed by atoms with Gasteiger partial charge in [-0.3, -0.25) is 4.21 Å². The molecule has 2 atom stereocenters. The van der Waals surface area contributed by atoms with Gasteiger partial charge in [-0.1, -0.05) is 6.92 Å². The van der Waals surface area contributed by atoms with Crippen molar-refractivity contribution in [1.82, 2.24) is 9.97 Å². The van der Waals surface area contributed by atoms with Crippen LogP contribution in [0, 0.1) is 0 Å². The second-order valence-corrected chi connectivity index (χ2v) is 5.40. The Labute approximate surface area is 102 Å². The first-order chi connectivity index (χ1) is 8.00. The number of carboxylic acids is 1. The molecule has 0 bridgehead atoms. The van der Waals surface area contributed by atoms with Gasteiger partial charge in [0.05, 0.1) is 0 Å². The highest BCUT2D eigenvalue weighted by Gasteiger charge is 2.08. The zero-order chi connectivity index (χ0) is 12.8. The number of rotatable bonds is 6. The van der Waals surface area contributed by atoms with Gasteiger partial charge in [0.2, 0.25) is 5.95 Å². The third-order valence-electron chi connectivity index (χ3n) is 2.28. The van der Waals surface area contributed by atoms with E-state index >= 15 is 0 Å². The van der Waals surface area contributed by atoms with Crippen LogP contribution < -0.4 is 5.32 Å². The van der Waals surface area contributed by atoms with Crippen LogP contribution in [-0.2, 0) is 10.8 Å². The van der Waals surface area contributed by atoms with E-state index in [0.717, 1.165) is 0 Å². The molecular weight excluding hydrogens is 242 g/mol. The molecule has 0 radical (unpaired) electrons. The van der Waals surface area contributed by atoms with E-state index in [9.17, 15) is 9.00 Å². The zero-order valence-corrected chi connectivity index (χ0v) is 10.5. The summed E-state index contributed by atoms with van der Waals surface area (Å²) in [4.78, 5) is 18.4. The number of carbonyl (C=O) groups is 1. The molecule has 0 spiro atoms. The summed E-state index contributed by atoms with van der Waals surface area (Å²) < 4.78 is 11.1. The lowest BCUT2D eigenvalue weighted by Gasteiger charge is -2.09. The van der Waals surface area contributed by atoms with Crippen molar-refractivity contribution in [1.29, 1.82) is 0 Å². The van der Waals surface area contributed by atoms with Crippen LogP contribution in [-0.4, -0.2) is 43.3 Å². The Bertz CT molecular complexity index is 425. The summed E-state index contributed by atoms with van der Waals surface area (Å²) in [5.74, 6) is -0.808. The van der Waals surface area contributed by atoms with Crippen molar-refractivity contribution in [2.24, 2.45) is 0 Å². The Hall–Kier alpha value is -1.50. The normalized spacial score (nSPS) is 14.0. The van der Waals surface area contributed by atoms with E-state index in [1.807, 2.05) is 6.92 Å². The van der Waals surface area contributed by atoms with Crippen molar-refractivity contribution >= 4 is 22.7 Å². The standard InChI is InChI=1S/C10H15N3O3S/c1-7(17(2)16)3-5-11-10-12-6-4-8(13-10)9(14)15/h4,6-7H,3,5H2,1-2H3,(H,14,15)(H,11,12,13). The average molecular weight is 257 g/mol. The molecule has 0 aromatic carbocycles. The first-order valence-electron chi connectivity index (χ1n) is 5.13. The van der Waals surface area contributed by atoms with Crippen LogP contribution in [0.25, 0.3) is 0 Å². The summed E-state index contributed by atoms with van der Waals surface area (Å²) in [5, 5.41) is 11.7. The Kier molecular flexibility index (Phi) is 5.02. The van der Waals surface area contributed by atoms with Crippen molar-refractivity contribution in [3.8, 4) is 0 Å². The van der Waals surface area contributed by atoms with Crippen molar-refractivity contribution in [2.75, 3.05) is 18.1 Å². The molecule has 1 aromatic heterocycles. The van der Waals surface area contributed by atoms with Crippen molar-refractivity contribution in [3.63, 3.8) is 0 Å². The summed E-state index contributed by atoms with van der Waals surface area (Å²) in [6, 6.07) is 1.33. The predicted octanol–water partition coefficient (Wildman–Crippen LogP) is 0.744. The number of hydrogen-bond donors (Lipinski definition) is 2. The number of aromatic carboxylic acids is 1. The Balaban J connectivity index is 2.49. The number of anilines is 1. The second-order valence-electron chi connectivity index (χ2n) is 3.60. The maximum absolute atomic E-state index is 11.1. The van der Waals surface area contributed by atoms with Crippen LogP contribution in [0.1, 0.15) is 23.8 Å². The molecule has 0 aliphatic heterocycles. The molecule has 0 amide bonds. The van der Waals surface area contributed by atoms with Crippen LogP contribution in [0.5, 0.6) is 0 Å². The lowest BCUT2D eigenvalue weighted by molar-refractivity contribution is 0.0690. The smallest absolute Gasteiger partial charge is 0.354 e. The fraction of sp³-hybridized carbons (Fsp3) is 0.500. The topological polar surface area (TPSA) is 92.2 Å². The fourth-order valence-corrected chi connectivity index (χ4v) is 1.57. The Morgan fingerprint density at radius 3 is 2.94 bits per heavy atom. The van der Waals surface area contributed by atoms with Crippen molar-refractivity contribution in [3.05, 3.63) is 18.0 Å². The first-order valence-corrected chi connectivity index (χ1v) is 6.75. The minimum Gasteiger partial charge on any atom is -0.477 e. The quantitative estimate of drug-likeness (QED) is 0.781. The largest absolute Gasteiger partial charge is 0.477 e. The fourth-order valence-electron chi connectivity index (χ4n) is 1.12. The highest BCUT2D eigenvalue weighted by atomic mass is 32.2. The molecule has 1 heterocycles. The highest BCUT2D eigenvalue weighted by Crippen LogP contribution is 2.03. The third-order valence-corrected chi connectivity index (χ3v) is 3.64. The molecule has 1 aromatic rings. The van der Waals surface area contributed by atoms with Crippen LogP contribution >= 0.6 is 0 Å². The van der Waals surface area contributed by atoms with Crippen molar-refractivity contribution in [2.45, 2.75) is 18.6 Å². The molecule has 0 saturated carbocycles. The summed E-state index contributed by atoms with van der Waals surface area (Å²) in [5.41, 5.74) is -0.0467. The molecular formula is C10H15N3O3S. The summed E-state index contributed by atoms with van der Waals surface area (Å²) in [6.07, 6.45) is 3.76. The van der Waals surface area contributed by atoms with E-state index < -0.39 is 16.8 Å². The van der Waals surface area contributed by atoms with E-state index in [0.29, 0.717) is 13.0 Å². The number of nitrogens with one attached hydrogen (secondary N) is 1. The van der Waals surface area contributed by atoms with Gasteiger partial charge in [0.1, 0.15) is 0 Å². The van der Waals surface area contributed by atoms with Gasteiger partial charge in [0.15, 0.2) is 5.69 Å². The number of nitrogens with zero attached hydrogens (tertiary/aromatic N) is 2. The monoisotopic (exact) mass is 257 g/mol. The van der Waals surface area contributed by atoms with E-state index in [1.165, 1.54) is 12.3 Å². The molecule has 0 aliphatic carbocycles. The van der Waals surface area contributed by atoms with Crippen LogP contribution in [0.4, 0.5) is 5.95 Å². The van der Waals surface area contributed by atoms with Crippen molar-refractivity contribution < 1.29 is 14.1 Å². The maximum atomic E-state index is 11.1. The summed E-state index contributed by atoms with van der Waals surface area (Å²) in [6.45, 7) is 2.45. The Morgan fingerprint density at radius 2 is 2.35 bits per heavy atom. The van der Waals surface area contributed by atoms with Gasteiger partial charge in [0.25, 0.3) is 0 Å². The molecule has 2 N–H and O–H groups in total. The molecule has 7 heteroatoms. The van der Waals surface area contributed by atoms with Gasteiger partial charge < -0.3 is 10.4 Å². The van der Waals surface area contributed by atoms with Gasteiger partial charge in [-0.05, 0) is 12.5 Å². The van der Waals surface area contributed by atoms with Crippen LogP contribution in [0.2, 0.25) is 0 Å². The van der Waals surface area contributed by atoms with Gasteiger partial charge in [-0.2, -0.15) is 0 Å². The lowest BCUT2D eigenvalue weighted by atomic mass is 10.3. The Morgan fingerprint density at radius 1 is 1.65 bits per heavy atom. The van der Waals surface area contributed by atoms with E-state index in [2.05, 4.69) is 15.3 Å². The lowest BCUT2D eigenvalue weighted by Crippen LogP contribution is -2.16. The number of carboxylic acid groups (broad SMARTS) is 1. The second kappa shape index (κ2) is 6.29. The SMILES string of the molecule is CC(CCNc1nccc(C(=O)O)n1)S(C)=O. The molecule has 2 unspecified atom stereocenters. The van der Waals surface area contributed by atoms with Gasteiger partial charge in [-0.25, -0.2) is 14.8 Å². The van der Waals surface area contributed by atoms with Gasteiger partial charge >= 0.3 is 5.97 Å².